The van der Waals surface area contributed by atoms with Crippen molar-refractivity contribution in [3.63, 3.8) is 0 Å². The average molecular weight is 428 g/mol. The summed E-state index contributed by atoms with van der Waals surface area (Å²) in [6, 6.07) is 11.1. The van der Waals surface area contributed by atoms with E-state index in [0.717, 1.165) is 0 Å². The van der Waals surface area contributed by atoms with E-state index in [1.54, 1.807) is 51.1 Å². The minimum absolute atomic E-state index is 0. The fourth-order valence-corrected chi connectivity index (χ4v) is 3.47. The highest BCUT2D eigenvalue weighted by molar-refractivity contribution is 7.92. The van der Waals surface area contributed by atoms with Gasteiger partial charge in [-0.3, -0.25) is 9.52 Å². The normalized spacial score (nSPS) is 11.3. The monoisotopic (exact) mass is 427 g/mol. The lowest BCUT2D eigenvalue weighted by molar-refractivity contribution is 0.0915. The highest BCUT2D eigenvalue weighted by Crippen LogP contribution is 2.26. The van der Waals surface area contributed by atoms with E-state index in [4.69, 9.17) is 10.5 Å². The molecule has 0 aliphatic heterocycles. The van der Waals surface area contributed by atoms with Gasteiger partial charge in [-0.15, -0.1) is 12.4 Å². The molecule has 0 unspecified atom stereocenters. The summed E-state index contributed by atoms with van der Waals surface area (Å²) in [5.74, 6) is 0.0214. The van der Waals surface area contributed by atoms with Crippen molar-refractivity contribution in [2.75, 3.05) is 18.4 Å². The minimum atomic E-state index is -3.90. The number of para-hydroxylation sites is 2. The number of anilines is 1. The van der Waals surface area contributed by atoms with Gasteiger partial charge in [-0.2, -0.15) is 0 Å². The molecule has 2 rings (SSSR count). The topological polar surface area (TPSA) is 111 Å². The predicted molar refractivity (Wildman–Crippen MR) is 113 cm³/mol. The molecule has 7 nitrogen and oxygen atoms in total. The number of nitrogens with two attached hydrogens (primary N) is 1. The molecule has 0 fully saturated rings. The van der Waals surface area contributed by atoms with Crippen molar-refractivity contribution in [2.24, 2.45) is 5.73 Å². The molecule has 0 heterocycles. The van der Waals surface area contributed by atoms with Crippen LogP contribution in [0.25, 0.3) is 0 Å². The number of methoxy groups -OCH3 is 1. The summed E-state index contributed by atoms with van der Waals surface area (Å²) in [5, 5.41) is 2.81. The Bertz CT molecular complexity index is 946. The third-order valence-electron chi connectivity index (χ3n) is 4.08. The molecule has 0 saturated heterocycles. The van der Waals surface area contributed by atoms with E-state index in [-0.39, 0.29) is 35.3 Å². The molecule has 0 spiro atoms. The van der Waals surface area contributed by atoms with Crippen LogP contribution in [0.4, 0.5) is 5.69 Å². The summed E-state index contributed by atoms with van der Waals surface area (Å²) in [6.07, 6.45) is 0. The molecule has 0 saturated carbocycles. The highest BCUT2D eigenvalue weighted by atomic mass is 35.5. The van der Waals surface area contributed by atoms with E-state index in [9.17, 15) is 13.2 Å². The van der Waals surface area contributed by atoms with Crippen molar-refractivity contribution in [1.29, 1.82) is 0 Å². The first-order valence-corrected chi connectivity index (χ1v) is 9.87. The third-order valence-corrected chi connectivity index (χ3v) is 5.44. The van der Waals surface area contributed by atoms with Crippen LogP contribution in [-0.2, 0) is 10.0 Å². The number of halogens is 1. The molecule has 2 aromatic rings. The quantitative estimate of drug-likeness (QED) is 0.629. The molecule has 9 heteroatoms. The lowest BCUT2D eigenvalue weighted by Crippen LogP contribution is -2.49. The zero-order valence-electron chi connectivity index (χ0n) is 16.3. The van der Waals surface area contributed by atoms with Gasteiger partial charge >= 0.3 is 0 Å². The zero-order chi connectivity index (χ0) is 20.2. The highest BCUT2D eigenvalue weighted by Gasteiger charge is 2.23. The molecular weight excluding hydrogens is 402 g/mol. The molecule has 154 valence electrons. The number of ether oxygens (including phenoxy) is 1. The van der Waals surface area contributed by atoms with Crippen LogP contribution in [0, 0.1) is 6.92 Å². The number of amides is 1. The van der Waals surface area contributed by atoms with Gasteiger partial charge in [-0.05, 0) is 50.6 Å². The first-order valence-electron chi connectivity index (χ1n) is 8.39. The summed E-state index contributed by atoms with van der Waals surface area (Å²) >= 11 is 0. The Morgan fingerprint density at radius 1 is 1.18 bits per heavy atom. The Balaban J connectivity index is 0.00000392. The number of rotatable bonds is 7. The van der Waals surface area contributed by atoms with Gasteiger partial charge in [0.1, 0.15) is 5.75 Å². The van der Waals surface area contributed by atoms with Crippen LogP contribution in [0.2, 0.25) is 0 Å². The fraction of sp³-hybridized carbons (Fsp3) is 0.316. The smallest absolute Gasteiger partial charge is 0.262 e. The molecule has 28 heavy (non-hydrogen) atoms. The van der Waals surface area contributed by atoms with Crippen LogP contribution in [0.5, 0.6) is 5.75 Å². The number of sulfonamides is 1. The Kier molecular flexibility index (Phi) is 7.86. The van der Waals surface area contributed by atoms with Crippen molar-refractivity contribution in [1.82, 2.24) is 5.32 Å². The SMILES string of the molecule is COc1ccccc1NS(=O)(=O)c1ccc(C)c(C(=O)NC(C)(C)CN)c1.Cl. The van der Waals surface area contributed by atoms with Crippen LogP contribution in [0.1, 0.15) is 29.8 Å². The van der Waals surface area contributed by atoms with Gasteiger partial charge in [0.15, 0.2) is 0 Å². The first-order chi connectivity index (χ1) is 12.6. The Labute approximate surface area is 172 Å². The summed E-state index contributed by atoms with van der Waals surface area (Å²) < 4.78 is 33.2. The molecule has 0 bridgehead atoms. The number of benzene rings is 2. The van der Waals surface area contributed by atoms with Crippen LogP contribution in [0.3, 0.4) is 0 Å². The minimum Gasteiger partial charge on any atom is -0.495 e. The standard InChI is InChI=1S/C19H25N3O4S.ClH/c1-13-9-10-14(11-15(13)18(23)21-19(2,3)12-20)27(24,25)22-16-7-5-6-8-17(16)26-4;/h5-11,22H,12,20H2,1-4H3,(H,21,23);1H. The molecule has 0 aliphatic carbocycles. The summed E-state index contributed by atoms with van der Waals surface area (Å²) in [4.78, 5) is 12.6. The largest absolute Gasteiger partial charge is 0.495 e. The lowest BCUT2D eigenvalue weighted by Gasteiger charge is -2.24. The maximum absolute atomic E-state index is 12.8. The second-order valence-electron chi connectivity index (χ2n) is 6.82. The van der Waals surface area contributed by atoms with E-state index in [2.05, 4.69) is 10.0 Å². The van der Waals surface area contributed by atoms with Crippen molar-refractivity contribution in [3.05, 3.63) is 53.6 Å². The fourth-order valence-electron chi connectivity index (χ4n) is 2.37. The number of carbonyl (C=O) groups excluding carboxylic acids is 1. The van der Waals surface area contributed by atoms with Crippen LogP contribution < -0.4 is 20.5 Å². The van der Waals surface area contributed by atoms with Gasteiger partial charge in [0.25, 0.3) is 15.9 Å². The van der Waals surface area contributed by atoms with Crippen molar-refractivity contribution < 1.29 is 17.9 Å². The van der Waals surface area contributed by atoms with Crippen LogP contribution >= 0.6 is 12.4 Å². The number of hydrogen-bond donors (Lipinski definition) is 3. The second kappa shape index (κ2) is 9.27. The van der Waals surface area contributed by atoms with Crippen LogP contribution in [0.15, 0.2) is 47.4 Å². The average Bonchev–Trinajstić information content (AvgIpc) is 2.61. The number of aryl methyl sites for hydroxylation is 1. The van der Waals surface area contributed by atoms with Crippen molar-refractivity contribution in [2.45, 2.75) is 31.2 Å². The van der Waals surface area contributed by atoms with Gasteiger partial charge < -0.3 is 15.8 Å². The molecule has 0 aromatic heterocycles. The Hall–Kier alpha value is -2.29. The van der Waals surface area contributed by atoms with Gasteiger partial charge in [0.2, 0.25) is 0 Å². The Morgan fingerprint density at radius 3 is 2.43 bits per heavy atom. The Morgan fingerprint density at radius 2 is 1.82 bits per heavy atom. The number of nitrogens with one attached hydrogen (secondary N) is 2. The summed E-state index contributed by atoms with van der Waals surface area (Å²) in [6.45, 7) is 5.59. The zero-order valence-corrected chi connectivity index (χ0v) is 17.9. The molecule has 4 N–H and O–H groups in total. The summed E-state index contributed by atoms with van der Waals surface area (Å²) in [5.41, 5.74) is 6.30. The number of hydrogen-bond acceptors (Lipinski definition) is 5. The molecule has 1 amide bonds. The van der Waals surface area contributed by atoms with Crippen molar-refractivity contribution >= 4 is 34.0 Å². The number of carbonyl (C=O) groups is 1. The van der Waals surface area contributed by atoms with E-state index in [1.165, 1.54) is 19.2 Å². The van der Waals surface area contributed by atoms with Gasteiger partial charge in [-0.1, -0.05) is 18.2 Å². The van der Waals surface area contributed by atoms with Crippen LogP contribution in [-0.4, -0.2) is 33.5 Å². The van der Waals surface area contributed by atoms with E-state index >= 15 is 0 Å². The van der Waals surface area contributed by atoms with Crippen molar-refractivity contribution in [3.8, 4) is 5.75 Å². The summed E-state index contributed by atoms with van der Waals surface area (Å²) in [7, 11) is -2.44. The molecule has 0 radical (unpaired) electrons. The molecule has 0 aliphatic rings. The van der Waals surface area contributed by atoms with Gasteiger partial charge in [-0.25, -0.2) is 8.42 Å². The molecule has 0 atom stereocenters. The van der Waals surface area contributed by atoms with E-state index in [1.807, 2.05) is 0 Å². The predicted octanol–water partition coefficient (Wildman–Crippen LogP) is 2.69. The lowest BCUT2D eigenvalue weighted by atomic mass is 10.0. The molecular formula is C19H26ClN3O4S. The first kappa shape index (κ1) is 23.7. The van der Waals surface area contributed by atoms with E-state index < -0.39 is 15.6 Å². The maximum atomic E-state index is 12.8. The van der Waals surface area contributed by atoms with Gasteiger partial charge in [0, 0.05) is 17.6 Å². The van der Waals surface area contributed by atoms with Gasteiger partial charge in [0.05, 0.1) is 17.7 Å². The molecule has 2 aromatic carbocycles. The third kappa shape index (κ3) is 5.60. The van der Waals surface area contributed by atoms with E-state index in [0.29, 0.717) is 17.0 Å². The second-order valence-corrected chi connectivity index (χ2v) is 8.51. The maximum Gasteiger partial charge on any atom is 0.262 e.